The van der Waals surface area contributed by atoms with Gasteiger partial charge >= 0.3 is 0 Å². The first-order chi connectivity index (χ1) is 9.83. The number of nitrogens with zero attached hydrogens (tertiary/aromatic N) is 1. The Bertz CT molecular complexity index is 443. The molecule has 1 aromatic carbocycles. The van der Waals surface area contributed by atoms with Crippen LogP contribution in [0.2, 0.25) is 0 Å². The Balaban J connectivity index is 1.65. The van der Waals surface area contributed by atoms with Crippen LogP contribution in [0.15, 0.2) is 18.2 Å². The van der Waals surface area contributed by atoms with E-state index in [9.17, 15) is 5.11 Å². The first-order valence-corrected chi connectivity index (χ1v) is 7.20. The summed E-state index contributed by atoms with van der Waals surface area (Å²) in [5.74, 6) is 1.49. The second kappa shape index (κ2) is 6.43. The van der Waals surface area contributed by atoms with Gasteiger partial charge in [-0.15, -0.1) is 0 Å². The molecule has 1 fully saturated rings. The predicted octanol–water partition coefficient (Wildman–Crippen LogP) is 1.21. The van der Waals surface area contributed by atoms with Gasteiger partial charge in [-0.3, -0.25) is 4.90 Å². The highest BCUT2D eigenvalue weighted by molar-refractivity contribution is 5.44. The van der Waals surface area contributed by atoms with Crippen molar-refractivity contribution in [3.05, 3.63) is 23.8 Å². The second-order valence-electron chi connectivity index (χ2n) is 5.19. The third kappa shape index (κ3) is 3.23. The molecule has 20 heavy (non-hydrogen) atoms. The van der Waals surface area contributed by atoms with Crippen LogP contribution < -0.4 is 9.47 Å². The van der Waals surface area contributed by atoms with Gasteiger partial charge in [0.2, 0.25) is 0 Å². The molecule has 0 amide bonds. The number of β-amino-alcohol motifs (C(OH)–C–C–N with tert-alkyl or cyclic N) is 1. The molecule has 0 aliphatic carbocycles. The van der Waals surface area contributed by atoms with Crippen LogP contribution in [0.25, 0.3) is 0 Å². The summed E-state index contributed by atoms with van der Waals surface area (Å²) in [4.78, 5) is 2.24. The first-order valence-electron chi connectivity index (χ1n) is 7.20. The van der Waals surface area contributed by atoms with Gasteiger partial charge < -0.3 is 19.3 Å². The van der Waals surface area contributed by atoms with Crippen molar-refractivity contribution in [2.45, 2.75) is 12.5 Å². The van der Waals surface area contributed by atoms with E-state index in [1.807, 2.05) is 18.2 Å². The van der Waals surface area contributed by atoms with E-state index in [2.05, 4.69) is 4.90 Å². The topological polar surface area (TPSA) is 51.2 Å². The van der Waals surface area contributed by atoms with Crippen molar-refractivity contribution in [3.8, 4) is 11.5 Å². The molecule has 3 rings (SSSR count). The zero-order valence-electron chi connectivity index (χ0n) is 11.6. The maximum atomic E-state index is 10.4. The molecule has 0 radical (unpaired) electrons. The molecule has 2 aliphatic rings. The predicted molar refractivity (Wildman–Crippen MR) is 74.3 cm³/mol. The van der Waals surface area contributed by atoms with E-state index in [-0.39, 0.29) is 0 Å². The molecule has 0 bridgehead atoms. The Kier molecular flexibility index (Phi) is 4.40. The maximum Gasteiger partial charge on any atom is 0.161 e. The van der Waals surface area contributed by atoms with Crippen LogP contribution in [0.4, 0.5) is 0 Å². The summed E-state index contributed by atoms with van der Waals surface area (Å²) in [6, 6.07) is 5.67. The first kappa shape index (κ1) is 13.7. The number of benzene rings is 1. The van der Waals surface area contributed by atoms with Gasteiger partial charge in [0.15, 0.2) is 11.5 Å². The van der Waals surface area contributed by atoms with Gasteiger partial charge in [0.1, 0.15) is 13.2 Å². The average Bonchev–Trinajstić information content (AvgIpc) is 2.75. The van der Waals surface area contributed by atoms with E-state index in [1.165, 1.54) is 0 Å². The fourth-order valence-corrected chi connectivity index (χ4v) is 2.60. The van der Waals surface area contributed by atoms with Gasteiger partial charge in [0.25, 0.3) is 0 Å². The lowest BCUT2D eigenvalue weighted by Gasteiger charge is -2.24. The van der Waals surface area contributed by atoms with Crippen LogP contribution in [0.3, 0.4) is 0 Å². The molecule has 2 aliphatic heterocycles. The Labute approximate surface area is 119 Å². The molecule has 1 N–H and O–H groups in total. The SMILES string of the molecule is OC(CN1CCCOCC1)c1ccc2c(c1)OCCO2. The van der Waals surface area contributed by atoms with Crippen LogP contribution in [-0.2, 0) is 4.74 Å². The smallest absolute Gasteiger partial charge is 0.161 e. The molecule has 0 saturated carbocycles. The molecule has 1 aromatic rings. The van der Waals surface area contributed by atoms with Crippen molar-refractivity contribution in [1.82, 2.24) is 4.90 Å². The van der Waals surface area contributed by atoms with Gasteiger partial charge in [0.05, 0.1) is 12.7 Å². The van der Waals surface area contributed by atoms with E-state index in [4.69, 9.17) is 14.2 Å². The van der Waals surface area contributed by atoms with Gasteiger partial charge in [-0.2, -0.15) is 0 Å². The maximum absolute atomic E-state index is 10.4. The lowest BCUT2D eigenvalue weighted by atomic mass is 10.1. The molecular weight excluding hydrogens is 258 g/mol. The number of rotatable bonds is 3. The van der Waals surface area contributed by atoms with Crippen molar-refractivity contribution >= 4 is 0 Å². The van der Waals surface area contributed by atoms with E-state index in [0.717, 1.165) is 49.8 Å². The van der Waals surface area contributed by atoms with Crippen molar-refractivity contribution < 1.29 is 19.3 Å². The Morgan fingerprint density at radius 2 is 1.90 bits per heavy atom. The summed E-state index contributed by atoms with van der Waals surface area (Å²) in [5.41, 5.74) is 0.874. The average molecular weight is 279 g/mol. The Hall–Kier alpha value is -1.30. The molecule has 2 heterocycles. The summed E-state index contributed by atoms with van der Waals surface area (Å²) in [6.07, 6.45) is 0.511. The van der Waals surface area contributed by atoms with Crippen LogP contribution in [0.1, 0.15) is 18.1 Å². The molecule has 5 nitrogen and oxygen atoms in total. The van der Waals surface area contributed by atoms with E-state index in [1.54, 1.807) is 0 Å². The lowest BCUT2D eigenvalue weighted by molar-refractivity contribution is 0.103. The molecule has 1 unspecified atom stereocenters. The fourth-order valence-electron chi connectivity index (χ4n) is 2.60. The lowest BCUT2D eigenvalue weighted by Crippen LogP contribution is -2.31. The minimum Gasteiger partial charge on any atom is -0.486 e. The highest BCUT2D eigenvalue weighted by atomic mass is 16.6. The molecule has 110 valence electrons. The third-order valence-electron chi connectivity index (χ3n) is 3.70. The van der Waals surface area contributed by atoms with Crippen LogP contribution in [-0.4, -0.2) is 56.1 Å². The molecule has 1 atom stereocenters. The number of aliphatic hydroxyl groups excluding tert-OH is 1. The second-order valence-corrected chi connectivity index (χ2v) is 5.19. The van der Waals surface area contributed by atoms with Crippen molar-refractivity contribution in [3.63, 3.8) is 0 Å². The zero-order chi connectivity index (χ0) is 13.8. The summed E-state index contributed by atoms with van der Waals surface area (Å²) >= 11 is 0. The summed E-state index contributed by atoms with van der Waals surface area (Å²) in [7, 11) is 0. The van der Waals surface area contributed by atoms with Gasteiger partial charge in [0, 0.05) is 26.2 Å². The zero-order valence-corrected chi connectivity index (χ0v) is 11.6. The van der Waals surface area contributed by atoms with Gasteiger partial charge in [-0.1, -0.05) is 6.07 Å². The fraction of sp³-hybridized carbons (Fsp3) is 0.600. The largest absolute Gasteiger partial charge is 0.486 e. The highest BCUT2D eigenvalue weighted by Gasteiger charge is 2.18. The molecule has 5 heteroatoms. The number of hydrogen-bond acceptors (Lipinski definition) is 5. The quantitative estimate of drug-likeness (QED) is 0.901. The van der Waals surface area contributed by atoms with E-state index in [0.29, 0.717) is 19.8 Å². The summed E-state index contributed by atoms with van der Waals surface area (Å²) in [6.45, 7) is 5.19. The molecular formula is C15H21NO4. The standard InChI is InChI=1S/C15H21NO4/c17-13(11-16-4-1-6-18-7-5-16)12-2-3-14-15(10-12)20-9-8-19-14/h2-3,10,13,17H,1,4-9,11H2. The van der Waals surface area contributed by atoms with Crippen molar-refractivity contribution in [2.24, 2.45) is 0 Å². The van der Waals surface area contributed by atoms with Gasteiger partial charge in [-0.05, 0) is 24.1 Å². The third-order valence-corrected chi connectivity index (χ3v) is 3.70. The van der Waals surface area contributed by atoms with Crippen LogP contribution >= 0.6 is 0 Å². The van der Waals surface area contributed by atoms with E-state index < -0.39 is 6.10 Å². The van der Waals surface area contributed by atoms with Crippen molar-refractivity contribution in [2.75, 3.05) is 46.1 Å². The Morgan fingerprint density at radius 3 is 2.80 bits per heavy atom. The normalized spacial score (nSPS) is 21.2. The number of aliphatic hydroxyl groups is 1. The highest BCUT2D eigenvalue weighted by Crippen LogP contribution is 2.32. The molecule has 1 saturated heterocycles. The summed E-state index contributed by atoms with van der Waals surface area (Å²) < 4.78 is 16.5. The van der Waals surface area contributed by atoms with Gasteiger partial charge in [-0.25, -0.2) is 0 Å². The Morgan fingerprint density at radius 1 is 1.05 bits per heavy atom. The minimum atomic E-state index is -0.510. The number of ether oxygens (including phenoxy) is 3. The minimum absolute atomic E-state index is 0.510. The molecule has 0 aromatic heterocycles. The number of fused-ring (bicyclic) bond motifs is 1. The van der Waals surface area contributed by atoms with Crippen LogP contribution in [0.5, 0.6) is 11.5 Å². The summed E-state index contributed by atoms with van der Waals surface area (Å²) in [5, 5.41) is 10.4. The van der Waals surface area contributed by atoms with E-state index >= 15 is 0 Å². The van der Waals surface area contributed by atoms with Crippen molar-refractivity contribution in [1.29, 1.82) is 0 Å². The van der Waals surface area contributed by atoms with Crippen LogP contribution in [0, 0.1) is 0 Å². The molecule has 0 spiro atoms. The monoisotopic (exact) mass is 279 g/mol. The number of hydrogen-bond donors (Lipinski definition) is 1.